The summed E-state index contributed by atoms with van der Waals surface area (Å²) in [6.07, 6.45) is 0. The minimum absolute atomic E-state index is 0.126. The molecule has 0 aliphatic rings. The summed E-state index contributed by atoms with van der Waals surface area (Å²) in [6, 6.07) is 8.84. The first-order valence-electron chi connectivity index (χ1n) is 7.88. The highest BCUT2D eigenvalue weighted by Crippen LogP contribution is 2.27. The van der Waals surface area contributed by atoms with Crippen molar-refractivity contribution in [3.63, 3.8) is 0 Å². The Morgan fingerprint density at radius 1 is 1.15 bits per heavy atom. The van der Waals surface area contributed by atoms with E-state index in [1.165, 1.54) is 32.2 Å². The predicted octanol–water partition coefficient (Wildman–Crippen LogP) is 3.27. The lowest BCUT2D eigenvalue weighted by Gasteiger charge is -2.17. The van der Waals surface area contributed by atoms with E-state index in [-0.39, 0.29) is 15.7 Å². The number of rotatable bonds is 6. The maximum atomic E-state index is 12.6. The van der Waals surface area contributed by atoms with E-state index in [9.17, 15) is 13.2 Å². The lowest BCUT2D eigenvalue weighted by atomic mass is 10.1. The van der Waals surface area contributed by atoms with Crippen LogP contribution in [0.1, 0.15) is 18.1 Å². The van der Waals surface area contributed by atoms with Gasteiger partial charge in [0.05, 0.1) is 13.2 Å². The number of methoxy groups -OCH3 is 1. The standard InChI is InChI=1S/C18H21ClN2O4S/c1-11-5-7-15(12(2)9-11)20-18(22)13(3)21-26(23,24)17-10-14(19)6-8-16(17)25-4/h5-10,13,21H,1-4H3,(H,20,22)/t13-/m0/s1. The average Bonchev–Trinajstić information content (AvgIpc) is 2.56. The molecule has 0 spiro atoms. The summed E-state index contributed by atoms with van der Waals surface area (Å²) in [5.41, 5.74) is 2.60. The molecule has 2 rings (SSSR count). The van der Waals surface area contributed by atoms with E-state index in [4.69, 9.17) is 16.3 Å². The van der Waals surface area contributed by atoms with Crippen LogP contribution in [0, 0.1) is 13.8 Å². The number of amides is 1. The molecule has 0 fully saturated rings. The van der Waals surface area contributed by atoms with Crippen LogP contribution in [0.15, 0.2) is 41.3 Å². The molecule has 26 heavy (non-hydrogen) atoms. The van der Waals surface area contributed by atoms with Crippen molar-refractivity contribution in [2.24, 2.45) is 0 Å². The van der Waals surface area contributed by atoms with Gasteiger partial charge in [-0.1, -0.05) is 29.3 Å². The van der Waals surface area contributed by atoms with Gasteiger partial charge in [0.1, 0.15) is 10.6 Å². The van der Waals surface area contributed by atoms with Gasteiger partial charge in [-0.3, -0.25) is 4.79 Å². The highest BCUT2D eigenvalue weighted by atomic mass is 35.5. The fraction of sp³-hybridized carbons (Fsp3) is 0.278. The highest BCUT2D eigenvalue weighted by Gasteiger charge is 2.25. The normalized spacial score (nSPS) is 12.5. The van der Waals surface area contributed by atoms with Gasteiger partial charge in [0.15, 0.2) is 0 Å². The summed E-state index contributed by atoms with van der Waals surface area (Å²) >= 11 is 5.89. The summed E-state index contributed by atoms with van der Waals surface area (Å²) in [4.78, 5) is 12.3. The molecule has 0 aliphatic heterocycles. The number of halogens is 1. The monoisotopic (exact) mass is 396 g/mol. The maximum absolute atomic E-state index is 12.6. The number of aryl methyl sites for hydroxylation is 2. The van der Waals surface area contributed by atoms with E-state index < -0.39 is 22.0 Å². The largest absolute Gasteiger partial charge is 0.495 e. The third kappa shape index (κ3) is 4.75. The second-order valence-electron chi connectivity index (χ2n) is 5.95. The Balaban J connectivity index is 2.18. The smallest absolute Gasteiger partial charge is 0.245 e. The quantitative estimate of drug-likeness (QED) is 0.784. The minimum Gasteiger partial charge on any atom is -0.495 e. The molecule has 2 N–H and O–H groups in total. The third-order valence-corrected chi connectivity index (χ3v) is 5.58. The molecule has 0 aliphatic carbocycles. The van der Waals surface area contributed by atoms with Gasteiger partial charge in [0.2, 0.25) is 15.9 Å². The molecule has 0 saturated heterocycles. The van der Waals surface area contributed by atoms with Crippen molar-refractivity contribution in [2.45, 2.75) is 31.7 Å². The minimum atomic E-state index is -4.00. The number of sulfonamides is 1. The summed E-state index contributed by atoms with van der Waals surface area (Å²) in [5, 5.41) is 2.98. The molecule has 0 radical (unpaired) electrons. The van der Waals surface area contributed by atoms with Gasteiger partial charge in [-0.25, -0.2) is 8.42 Å². The molecule has 2 aromatic carbocycles. The van der Waals surface area contributed by atoms with Crippen LogP contribution in [0.25, 0.3) is 0 Å². The molecule has 0 aromatic heterocycles. The molecule has 6 nitrogen and oxygen atoms in total. The summed E-state index contributed by atoms with van der Waals surface area (Å²) in [6.45, 7) is 5.29. The van der Waals surface area contributed by atoms with E-state index in [2.05, 4.69) is 10.0 Å². The van der Waals surface area contributed by atoms with E-state index in [0.717, 1.165) is 11.1 Å². The Morgan fingerprint density at radius 3 is 2.46 bits per heavy atom. The maximum Gasteiger partial charge on any atom is 0.245 e. The number of carbonyl (C=O) groups is 1. The molecule has 0 saturated carbocycles. The van der Waals surface area contributed by atoms with Gasteiger partial charge in [-0.2, -0.15) is 4.72 Å². The number of carbonyl (C=O) groups excluding carboxylic acids is 1. The second kappa shape index (κ2) is 8.07. The number of hydrogen-bond acceptors (Lipinski definition) is 4. The zero-order chi connectivity index (χ0) is 19.5. The zero-order valence-electron chi connectivity index (χ0n) is 15.0. The predicted molar refractivity (Wildman–Crippen MR) is 102 cm³/mol. The Kier molecular flexibility index (Phi) is 6.28. The second-order valence-corrected chi connectivity index (χ2v) is 8.06. The van der Waals surface area contributed by atoms with Crippen molar-refractivity contribution >= 4 is 33.2 Å². The summed E-state index contributed by atoms with van der Waals surface area (Å²) < 4.78 is 32.6. The fourth-order valence-electron chi connectivity index (χ4n) is 2.41. The Labute approximate surface area is 158 Å². The van der Waals surface area contributed by atoms with Crippen molar-refractivity contribution in [2.75, 3.05) is 12.4 Å². The van der Waals surface area contributed by atoms with Crippen LogP contribution < -0.4 is 14.8 Å². The summed E-state index contributed by atoms with van der Waals surface area (Å²) in [5.74, 6) is -0.328. The number of ether oxygens (including phenoxy) is 1. The van der Waals surface area contributed by atoms with Crippen molar-refractivity contribution < 1.29 is 17.9 Å². The van der Waals surface area contributed by atoms with Gasteiger partial charge in [-0.05, 0) is 50.6 Å². The molecule has 2 aromatic rings. The van der Waals surface area contributed by atoms with Crippen LogP contribution in [0.4, 0.5) is 5.69 Å². The lowest BCUT2D eigenvalue weighted by molar-refractivity contribution is -0.117. The number of benzene rings is 2. The molecule has 0 bridgehead atoms. The first-order valence-corrected chi connectivity index (χ1v) is 9.74. The Morgan fingerprint density at radius 2 is 1.85 bits per heavy atom. The van der Waals surface area contributed by atoms with Gasteiger partial charge in [-0.15, -0.1) is 0 Å². The number of anilines is 1. The SMILES string of the molecule is COc1ccc(Cl)cc1S(=O)(=O)N[C@@H](C)C(=O)Nc1ccc(C)cc1C. The molecule has 1 amide bonds. The average molecular weight is 397 g/mol. The van der Waals surface area contributed by atoms with Crippen LogP contribution in [0.5, 0.6) is 5.75 Å². The molecule has 1 atom stereocenters. The van der Waals surface area contributed by atoms with Crippen LogP contribution in [0.2, 0.25) is 5.02 Å². The number of hydrogen-bond donors (Lipinski definition) is 2. The zero-order valence-corrected chi connectivity index (χ0v) is 16.5. The molecular weight excluding hydrogens is 376 g/mol. The van der Waals surface area contributed by atoms with Gasteiger partial charge in [0, 0.05) is 10.7 Å². The van der Waals surface area contributed by atoms with Crippen LogP contribution in [0.3, 0.4) is 0 Å². The van der Waals surface area contributed by atoms with Crippen molar-refractivity contribution in [3.8, 4) is 5.75 Å². The van der Waals surface area contributed by atoms with E-state index in [1.54, 1.807) is 6.07 Å². The van der Waals surface area contributed by atoms with Crippen LogP contribution >= 0.6 is 11.6 Å². The van der Waals surface area contributed by atoms with Crippen LogP contribution in [-0.2, 0) is 14.8 Å². The molecule has 0 unspecified atom stereocenters. The first-order chi connectivity index (χ1) is 12.1. The summed E-state index contributed by atoms with van der Waals surface area (Å²) in [7, 11) is -2.64. The van der Waals surface area contributed by atoms with E-state index in [0.29, 0.717) is 5.69 Å². The van der Waals surface area contributed by atoms with Gasteiger partial charge in [0.25, 0.3) is 0 Å². The first kappa shape index (κ1) is 20.2. The van der Waals surface area contributed by atoms with Crippen molar-refractivity contribution in [3.05, 3.63) is 52.5 Å². The third-order valence-electron chi connectivity index (χ3n) is 3.78. The number of nitrogens with one attached hydrogen (secondary N) is 2. The van der Waals surface area contributed by atoms with E-state index >= 15 is 0 Å². The fourth-order valence-corrected chi connectivity index (χ4v) is 4.04. The Bertz CT molecular complexity index is 929. The van der Waals surface area contributed by atoms with Crippen LogP contribution in [-0.4, -0.2) is 27.5 Å². The molecular formula is C18H21ClN2O4S. The topological polar surface area (TPSA) is 84.5 Å². The molecule has 140 valence electrons. The highest BCUT2D eigenvalue weighted by molar-refractivity contribution is 7.89. The van der Waals surface area contributed by atoms with E-state index in [1.807, 2.05) is 26.0 Å². The van der Waals surface area contributed by atoms with Gasteiger partial charge >= 0.3 is 0 Å². The van der Waals surface area contributed by atoms with Crippen molar-refractivity contribution in [1.29, 1.82) is 0 Å². The van der Waals surface area contributed by atoms with Gasteiger partial charge < -0.3 is 10.1 Å². The molecule has 0 heterocycles. The molecule has 8 heteroatoms. The Hall–Kier alpha value is -2.09. The lowest BCUT2D eigenvalue weighted by Crippen LogP contribution is -2.41. The van der Waals surface area contributed by atoms with Crippen molar-refractivity contribution in [1.82, 2.24) is 4.72 Å².